The van der Waals surface area contributed by atoms with Gasteiger partial charge in [-0.2, -0.15) is 0 Å². The summed E-state index contributed by atoms with van der Waals surface area (Å²) in [5.41, 5.74) is 4.54. The highest BCUT2D eigenvalue weighted by atomic mass is 127. The number of carbonyl (C=O) groups excluding carboxylic acids is 5. The maximum Gasteiger partial charge on any atom is 0.326 e. The molecule has 0 radical (unpaired) electrons. The number of hydrogen-bond acceptors (Lipinski definition) is 18. The van der Waals surface area contributed by atoms with Gasteiger partial charge in [0.25, 0.3) is 0 Å². The number of carboxylic acid groups (broad SMARTS) is 4. The molecule has 31 nitrogen and oxygen atoms in total. The van der Waals surface area contributed by atoms with Crippen molar-refractivity contribution in [2.75, 3.05) is 143 Å². The van der Waals surface area contributed by atoms with Crippen molar-refractivity contribution < 1.29 is 73.1 Å². The molecule has 7 amide bonds. The molecule has 0 aliphatic carbocycles. The molecule has 13 N–H and O–H groups in total. The average Bonchev–Trinajstić information content (AvgIpc) is 1.83. The normalized spacial score (nSPS) is 14.7. The summed E-state index contributed by atoms with van der Waals surface area (Å²) < 4.78 is 14.2. The SMILES string of the molecule is CN1CCN(CC(=O)O)CCN(CC(=O)O)CC(Cc2ccc(NC(=S)NCCCCC(NC(=O)CCOCCOCCn3cc(-c4cccc(NC(=O)NCCCCC(NC(=O)NCCCC(=O)O)C(=O)O)c4)nn3)C(=O)NCCCCCNC(=O)Cc3ccc(I)cc3)cc2)N(C)CC1. The van der Waals surface area contributed by atoms with Crippen molar-refractivity contribution in [1.29, 1.82) is 0 Å². The van der Waals surface area contributed by atoms with E-state index in [4.69, 9.17) is 26.8 Å². The number of anilines is 2. The molecule has 1 aliphatic heterocycles. The van der Waals surface area contributed by atoms with Crippen LogP contribution in [-0.4, -0.2) is 264 Å². The summed E-state index contributed by atoms with van der Waals surface area (Å²) >= 11 is 7.87. The molecule has 101 heavy (non-hydrogen) atoms. The van der Waals surface area contributed by atoms with Crippen LogP contribution in [0.5, 0.6) is 0 Å². The van der Waals surface area contributed by atoms with Crippen LogP contribution in [0.25, 0.3) is 11.3 Å². The lowest BCUT2D eigenvalue weighted by Gasteiger charge is -2.36. The summed E-state index contributed by atoms with van der Waals surface area (Å²) in [4.78, 5) is 118. The average molecular weight is 1540 g/mol. The van der Waals surface area contributed by atoms with E-state index in [-0.39, 0.29) is 95.4 Å². The molecule has 3 aromatic carbocycles. The number of urea groups is 2. The first-order valence-electron chi connectivity index (χ1n) is 34.3. The van der Waals surface area contributed by atoms with E-state index < -0.39 is 48.0 Å². The van der Waals surface area contributed by atoms with Gasteiger partial charge in [-0.25, -0.2) is 19.1 Å². The minimum absolute atomic E-state index is 0.0148. The first kappa shape index (κ1) is 83.5. The Morgan fingerprint density at radius 3 is 1.91 bits per heavy atom. The van der Waals surface area contributed by atoms with Crippen LogP contribution in [0, 0.1) is 3.57 Å². The van der Waals surface area contributed by atoms with Crippen molar-refractivity contribution in [3.05, 3.63) is 93.7 Å². The van der Waals surface area contributed by atoms with E-state index in [0.717, 1.165) is 46.3 Å². The number of likely N-dealkylation sites (N-methyl/N-ethyl adjacent to an activating group) is 2. The van der Waals surface area contributed by atoms with E-state index >= 15 is 0 Å². The molecule has 1 saturated heterocycles. The molecule has 1 aliphatic rings. The van der Waals surface area contributed by atoms with Crippen LogP contribution in [0.1, 0.15) is 88.2 Å². The zero-order valence-corrected chi connectivity index (χ0v) is 60.7. The van der Waals surface area contributed by atoms with Gasteiger partial charge in [-0.15, -0.1) is 5.10 Å². The third-order valence-electron chi connectivity index (χ3n) is 16.4. The topological polar surface area (TPSA) is 405 Å². The number of hydrogen-bond donors (Lipinski definition) is 13. The van der Waals surface area contributed by atoms with Gasteiger partial charge in [0.05, 0.1) is 58.7 Å². The molecular formula is C68H101IN16O15S. The van der Waals surface area contributed by atoms with Crippen molar-refractivity contribution >= 4 is 105 Å². The number of carbonyl (C=O) groups is 9. The lowest BCUT2D eigenvalue weighted by molar-refractivity contribution is -0.140. The van der Waals surface area contributed by atoms with Crippen LogP contribution in [0.3, 0.4) is 0 Å². The van der Waals surface area contributed by atoms with Gasteiger partial charge in [-0.1, -0.05) is 41.6 Å². The molecule has 0 bridgehead atoms. The Morgan fingerprint density at radius 1 is 0.584 bits per heavy atom. The van der Waals surface area contributed by atoms with Crippen molar-refractivity contribution in [3.8, 4) is 11.3 Å². The largest absolute Gasteiger partial charge is 0.481 e. The highest BCUT2D eigenvalue weighted by Crippen LogP contribution is 2.21. The second kappa shape index (κ2) is 47.8. The molecule has 556 valence electrons. The fourth-order valence-corrected chi connectivity index (χ4v) is 11.3. The van der Waals surface area contributed by atoms with E-state index in [1.807, 2.05) is 71.4 Å². The van der Waals surface area contributed by atoms with Crippen LogP contribution in [0.4, 0.5) is 21.0 Å². The van der Waals surface area contributed by atoms with Crippen LogP contribution < -0.4 is 47.9 Å². The number of ether oxygens (including phenoxy) is 2. The Kier molecular flexibility index (Phi) is 39.5. The monoisotopic (exact) mass is 1540 g/mol. The molecule has 4 aromatic rings. The van der Waals surface area contributed by atoms with E-state index in [9.17, 15) is 58.5 Å². The van der Waals surface area contributed by atoms with Gasteiger partial charge < -0.3 is 87.6 Å². The maximum absolute atomic E-state index is 13.6. The lowest BCUT2D eigenvalue weighted by Crippen LogP contribution is -2.50. The molecule has 0 saturated carbocycles. The van der Waals surface area contributed by atoms with E-state index in [2.05, 4.69) is 97.6 Å². The van der Waals surface area contributed by atoms with Crippen molar-refractivity contribution in [2.24, 2.45) is 0 Å². The molecule has 1 fully saturated rings. The van der Waals surface area contributed by atoms with Crippen LogP contribution in [0.15, 0.2) is 79.0 Å². The Bertz CT molecular complexity index is 3230. The number of amides is 7. The lowest BCUT2D eigenvalue weighted by atomic mass is 10.0. The van der Waals surface area contributed by atoms with Crippen LogP contribution >= 0.6 is 34.8 Å². The summed E-state index contributed by atoms with van der Waals surface area (Å²) in [5.74, 6) is -4.75. The van der Waals surface area contributed by atoms with Gasteiger partial charge in [-0.3, -0.25) is 38.6 Å². The number of nitrogens with one attached hydrogen (secondary N) is 9. The van der Waals surface area contributed by atoms with E-state index in [0.29, 0.717) is 139 Å². The first-order chi connectivity index (χ1) is 48.6. The van der Waals surface area contributed by atoms with Crippen LogP contribution in [-0.2, 0) is 62.4 Å². The number of unbranched alkanes of at least 4 members (excludes halogenated alkanes) is 4. The molecule has 3 unspecified atom stereocenters. The quantitative estimate of drug-likeness (QED) is 0.0170. The zero-order valence-electron chi connectivity index (χ0n) is 57.8. The summed E-state index contributed by atoms with van der Waals surface area (Å²) in [7, 11) is 4.07. The number of thiocarbonyl (C=S) groups is 1. The van der Waals surface area contributed by atoms with E-state index in [1.54, 1.807) is 29.1 Å². The van der Waals surface area contributed by atoms with Gasteiger partial charge in [0, 0.05) is 118 Å². The Labute approximate surface area is 608 Å². The van der Waals surface area contributed by atoms with Crippen molar-refractivity contribution in [3.63, 3.8) is 0 Å². The number of nitrogens with zero attached hydrogens (tertiary/aromatic N) is 7. The van der Waals surface area contributed by atoms with Crippen LogP contribution in [0.2, 0.25) is 0 Å². The smallest absolute Gasteiger partial charge is 0.326 e. The van der Waals surface area contributed by atoms with Gasteiger partial charge >= 0.3 is 35.9 Å². The Hall–Kier alpha value is -8.19. The Balaban J connectivity index is 1.00. The fourth-order valence-electron chi connectivity index (χ4n) is 10.7. The molecular weight excluding hydrogens is 1440 g/mol. The second-order valence-electron chi connectivity index (χ2n) is 24.7. The third kappa shape index (κ3) is 36.8. The minimum atomic E-state index is -1.21. The van der Waals surface area contributed by atoms with Gasteiger partial charge in [0.15, 0.2) is 5.11 Å². The summed E-state index contributed by atoms with van der Waals surface area (Å²) in [5, 5.41) is 72.0. The summed E-state index contributed by atoms with van der Waals surface area (Å²) in [6, 6.07) is 19.6. The third-order valence-corrected chi connectivity index (χ3v) is 17.4. The standard InChI is InChI=1S/C68H101IN16O15S/c1-81-31-33-82(2)55(45-84(48-63(92)93)36-35-83(34-32-81)47-62(90)91)42-49-19-23-53(24-20-49)76-68(101)74-29-9-4-14-56(64(94)71-27-7-3-6-26-70-60(87)43-50-17-21-52(69)22-18-50)77-59(86)25-38-99-40-41-100-39-37-85-46-58(79-80-85)51-12-10-13-54(44-51)75-66(97)72-28-8-5-15-57(65(95)96)78-67(98)73-30-11-16-61(88)89/h10,12-13,17-24,44,46,55-57H,3-9,11,14-16,25-43,45,47-48H2,1-2H3,(H,70,87)(H,71,94)(H,77,86)(H,88,89)(H,90,91)(H,92,93)(H,95,96)(H2,72,75,97)(H2,73,78,98)(H2,74,76,101). The predicted molar refractivity (Wildman–Crippen MR) is 392 cm³/mol. The summed E-state index contributed by atoms with van der Waals surface area (Å²) in [6.45, 7) is 6.84. The number of carboxylic acids is 4. The number of halogens is 1. The highest BCUT2D eigenvalue weighted by Gasteiger charge is 2.25. The Morgan fingerprint density at radius 2 is 1.20 bits per heavy atom. The van der Waals surface area contributed by atoms with Crippen molar-refractivity contribution in [2.45, 2.75) is 115 Å². The summed E-state index contributed by atoms with van der Waals surface area (Å²) in [6.07, 6.45) is 7.58. The van der Waals surface area contributed by atoms with Crippen molar-refractivity contribution in [1.82, 2.24) is 71.8 Å². The minimum Gasteiger partial charge on any atom is -0.481 e. The predicted octanol–water partition coefficient (Wildman–Crippen LogP) is 3.73. The molecule has 5 rings (SSSR count). The van der Waals surface area contributed by atoms with Gasteiger partial charge in [0.1, 0.15) is 17.8 Å². The molecule has 1 aromatic heterocycles. The first-order valence-corrected chi connectivity index (χ1v) is 35.7. The molecule has 2 heterocycles. The molecule has 0 spiro atoms. The molecule has 3 atom stereocenters. The maximum atomic E-state index is 13.6. The number of benzene rings is 3. The van der Waals surface area contributed by atoms with E-state index in [1.165, 1.54) is 0 Å². The highest BCUT2D eigenvalue weighted by molar-refractivity contribution is 14.1. The van der Waals surface area contributed by atoms with Gasteiger partial charge in [0.2, 0.25) is 17.7 Å². The molecule has 33 heteroatoms. The second-order valence-corrected chi connectivity index (χ2v) is 26.4. The number of aliphatic carboxylic acids is 4. The number of aromatic nitrogens is 3. The number of rotatable bonds is 44. The zero-order chi connectivity index (χ0) is 73.2. The van der Waals surface area contributed by atoms with Gasteiger partial charge in [-0.05, 0) is 167 Å². The fraction of sp³-hybridized carbons (Fsp3) is 0.559.